The molecule has 0 N–H and O–H groups in total. The molecular formula is C32H46N10O10. The van der Waals surface area contributed by atoms with Crippen molar-refractivity contribution in [3.05, 3.63) is 69.6 Å². The number of benzene rings is 1. The molecule has 0 atom stereocenters. The molecule has 0 spiro atoms. The van der Waals surface area contributed by atoms with Crippen LogP contribution in [0.15, 0.2) is 41.8 Å². The number of azide groups is 1. The van der Waals surface area contributed by atoms with Gasteiger partial charge < -0.3 is 37.9 Å². The number of nitrogens with zero attached hydrogens (tertiary/aromatic N) is 10. The lowest BCUT2D eigenvalue weighted by Crippen LogP contribution is -2.33. The summed E-state index contributed by atoms with van der Waals surface area (Å²) >= 11 is 0. The van der Waals surface area contributed by atoms with Crippen molar-refractivity contribution in [1.29, 1.82) is 0 Å². The molecule has 284 valence electrons. The molecule has 4 rings (SSSR count). The van der Waals surface area contributed by atoms with Gasteiger partial charge in [0.2, 0.25) is 0 Å². The molecule has 20 heteroatoms. The van der Waals surface area contributed by atoms with E-state index in [4.69, 9.17) is 43.4 Å². The van der Waals surface area contributed by atoms with Crippen molar-refractivity contribution in [2.75, 3.05) is 106 Å². The third-order valence-electron chi connectivity index (χ3n) is 7.20. The number of rotatable bonds is 31. The van der Waals surface area contributed by atoms with Crippen molar-refractivity contribution in [2.45, 2.75) is 26.3 Å². The number of carbonyl (C=O) groups excluding carboxylic acids is 2. The summed E-state index contributed by atoms with van der Waals surface area (Å²) < 4.78 is 47.5. The minimum absolute atomic E-state index is 0.198. The molecule has 0 saturated heterocycles. The van der Waals surface area contributed by atoms with Crippen molar-refractivity contribution >= 4 is 11.8 Å². The molecule has 0 fully saturated rings. The molecule has 0 saturated carbocycles. The van der Waals surface area contributed by atoms with Crippen LogP contribution >= 0.6 is 0 Å². The number of fused-ring (bicyclic) bond motifs is 1. The van der Waals surface area contributed by atoms with Crippen LogP contribution in [0, 0.1) is 0 Å². The number of aromatic nitrogens is 6. The van der Waals surface area contributed by atoms with Crippen molar-refractivity contribution in [3.63, 3.8) is 0 Å². The molecule has 1 aliphatic rings. The molecule has 3 aromatic rings. The first-order valence-corrected chi connectivity index (χ1v) is 17.0. The minimum atomic E-state index is -0.288. The van der Waals surface area contributed by atoms with Gasteiger partial charge in [0.05, 0.1) is 149 Å². The Morgan fingerprint density at radius 3 is 1.42 bits per heavy atom. The molecule has 2 amide bonds. The molecule has 0 aliphatic carbocycles. The van der Waals surface area contributed by atoms with E-state index in [1.54, 1.807) is 39.8 Å². The Kier molecular flexibility index (Phi) is 19.2. The Bertz CT molecular complexity index is 1480. The van der Waals surface area contributed by atoms with Gasteiger partial charge in [0, 0.05) is 11.5 Å². The summed E-state index contributed by atoms with van der Waals surface area (Å²) in [6, 6.07) is 6.80. The van der Waals surface area contributed by atoms with E-state index in [1.165, 1.54) is 4.90 Å². The van der Waals surface area contributed by atoms with E-state index in [-0.39, 0.29) is 25.0 Å². The monoisotopic (exact) mass is 730 g/mol. The first-order valence-electron chi connectivity index (χ1n) is 17.0. The van der Waals surface area contributed by atoms with E-state index in [0.29, 0.717) is 136 Å². The van der Waals surface area contributed by atoms with Gasteiger partial charge in [-0.1, -0.05) is 27.7 Å². The van der Waals surface area contributed by atoms with Crippen LogP contribution < -0.4 is 0 Å². The van der Waals surface area contributed by atoms with Crippen molar-refractivity contribution < 1.29 is 47.5 Å². The summed E-state index contributed by atoms with van der Waals surface area (Å²) in [4.78, 5) is 28.6. The van der Waals surface area contributed by atoms with E-state index < -0.39 is 0 Å². The first kappa shape index (κ1) is 40.4. The van der Waals surface area contributed by atoms with E-state index in [9.17, 15) is 9.59 Å². The average Bonchev–Trinajstić information content (AvgIpc) is 3.88. The normalized spacial score (nSPS) is 12.5. The Balaban J connectivity index is 0.884. The second kappa shape index (κ2) is 24.8. The van der Waals surface area contributed by atoms with Gasteiger partial charge in [0.15, 0.2) is 0 Å². The number of ether oxygens (including phenoxy) is 8. The van der Waals surface area contributed by atoms with Crippen molar-refractivity contribution in [1.82, 2.24) is 34.9 Å². The molecule has 0 unspecified atom stereocenters. The highest BCUT2D eigenvalue weighted by atomic mass is 16.6. The fourth-order valence-corrected chi connectivity index (χ4v) is 4.65. The molecule has 52 heavy (non-hydrogen) atoms. The van der Waals surface area contributed by atoms with E-state index in [2.05, 4.69) is 30.7 Å². The molecule has 20 nitrogen and oxygen atoms in total. The van der Waals surface area contributed by atoms with Crippen LogP contribution in [0.1, 0.15) is 32.1 Å². The zero-order valence-corrected chi connectivity index (χ0v) is 29.2. The zero-order chi connectivity index (χ0) is 36.5. The Morgan fingerprint density at radius 2 is 0.962 bits per heavy atom. The lowest BCUT2D eigenvalue weighted by atomic mass is 10.1. The van der Waals surface area contributed by atoms with Crippen LogP contribution in [0.3, 0.4) is 0 Å². The smallest absolute Gasteiger partial charge is 0.261 e. The van der Waals surface area contributed by atoms with E-state index >= 15 is 0 Å². The summed E-state index contributed by atoms with van der Waals surface area (Å²) in [6.45, 7) is 7.92. The summed E-state index contributed by atoms with van der Waals surface area (Å²) in [5.74, 6) is -0.576. The molecule has 1 aromatic carbocycles. The first-order chi connectivity index (χ1) is 25.7. The second-order valence-corrected chi connectivity index (χ2v) is 11.0. The molecule has 1 aliphatic heterocycles. The third kappa shape index (κ3) is 15.1. The van der Waals surface area contributed by atoms with Gasteiger partial charge in [-0.25, -0.2) is 9.36 Å². The largest absolute Gasteiger partial charge is 0.379 e. The van der Waals surface area contributed by atoms with Crippen LogP contribution in [0.4, 0.5) is 0 Å². The highest BCUT2D eigenvalue weighted by Crippen LogP contribution is 2.21. The SMILES string of the molecule is [N-]=[N+]=NCCOCCOCCOCc1cn(CCOCCOCCOCc2cn(CCOCCOCCN3C(=O)c4ccccc4C3=O)nn2)nn1. The number of imide groups is 1. The summed E-state index contributed by atoms with van der Waals surface area (Å²) in [7, 11) is 0. The van der Waals surface area contributed by atoms with Crippen molar-refractivity contribution in [2.24, 2.45) is 5.11 Å². The Labute approximate surface area is 300 Å². The van der Waals surface area contributed by atoms with Crippen molar-refractivity contribution in [3.8, 4) is 0 Å². The van der Waals surface area contributed by atoms with Gasteiger partial charge >= 0.3 is 0 Å². The standard InChI is InChI=1S/C32H46N10O10/c33-37-34-5-9-45-13-17-49-19-21-51-25-28-24-41(39-36-28)7-11-47-16-18-50-20-22-52-26-27-23-40(38-35-27)6-10-46-14-15-48-12-8-42-31(43)29-3-1-2-4-30(29)32(42)44/h1-4,23-24H,5-22,25-26H2. The van der Waals surface area contributed by atoms with Crippen LogP contribution in [0.25, 0.3) is 10.4 Å². The summed E-state index contributed by atoms with van der Waals surface area (Å²) in [6.07, 6.45) is 3.62. The van der Waals surface area contributed by atoms with Gasteiger partial charge in [-0.3, -0.25) is 14.5 Å². The quantitative estimate of drug-likeness (QED) is 0.0300. The van der Waals surface area contributed by atoms with E-state index in [0.717, 1.165) is 5.69 Å². The Hall–Kier alpha value is -4.37. The predicted octanol–water partition coefficient (Wildman–Crippen LogP) is 1.31. The van der Waals surface area contributed by atoms with Crippen LogP contribution in [0.2, 0.25) is 0 Å². The topological polar surface area (TPSA) is 221 Å². The molecule has 0 radical (unpaired) electrons. The average molecular weight is 731 g/mol. The third-order valence-corrected chi connectivity index (χ3v) is 7.20. The maximum absolute atomic E-state index is 12.4. The number of hydrogen-bond acceptors (Lipinski definition) is 15. The zero-order valence-electron chi connectivity index (χ0n) is 29.2. The number of amides is 2. The fraction of sp³-hybridized carbons (Fsp3) is 0.625. The van der Waals surface area contributed by atoms with Crippen LogP contribution in [-0.2, 0) is 64.2 Å². The van der Waals surface area contributed by atoms with Gasteiger partial charge in [-0.2, -0.15) is 0 Å². The molecule has 0 bridgehead atoms. The Morgan fingerprint density at radius 1 is 0.558 bits per heavy atom. The molecular weight excluding hydrogens is 684 g/mol. The summed E-state index contributed by atoms with van der Waals surface area (Å²) in [5, 5.41) is 19.7. The van der Waals surface area contributed by atoms with Gasteiger partial charge in [0.25, 0.3) is 11.8 Å². The van der Waals surface area contributed by atoms with E-state index in [1.807, 2.05) is 6.20 Å². The second-order valence-electron chi connectivity index (χ2n) is 11.0. The summed E-state index contributed by atoms with van der Waals surface area (Å²) in [5.41, 5.74) is 10.5. The molecule has 2 aromatic heterocycles. The lowest BCUT2D eigenvalue weighted by molar-refractivity contribution is 0.00840. The highest BCUT2D eigenvalue weighted by molar-refractivity contribution is 6.21. The molecule has 3 heterocycles. The van der Waals surface area contributed by atoms with Gasteiger partial charge in [-0.15, -0.1) is 10.2 Å². The highest BCUT2D eigenvalue weighted by Gasteiger charge is 2.34. The predicted molar refractivity (Wildman–Crippen MR) is 180 cm³/mol. The van der Waals surface area contributed by atoms with Gasteiger partial charge in [-0.05, 0) is 17.7 Å². The van der Waals surface area contributed by atoms with Gasteiger partial charge in [0.1, 0.15) is 11.4 Å². The lowest BCUT2D eigenvalue weighted by Gasteiger charge is -2.13. The minimum Gasteiger partial charge on any atom is -0.379 e. The number of carbonyl (C=O) groups is 2. The fourth-order valence-electron chi connectivity index (χ4n) is 4.65. The van der Waals surface area contributed by atoms with Crippen LogP contribution in [-0.4, -0.2) is 152 Å². The number of hydrogen-bond donors (Lipinski definition) is 0. The maximum Gasteiger partial charge on any atom is 0.261 e. The van der Waals surface area contributed by atoms with Crippen LogP contribution in [0.5, 0.6) is 0 Å². The maximum atomic E-state index is 12.4.